The SMILES string of the molecule is CCCCC=Cc1ccc(-c2ccccc2)cc1. The van der Waals surface area contributed by atoms with Gasteiger partial charge >= 0.3 is 0 Å². The predicted molar refractivity (Wildman–Crippen MR) is 80.4 cm³/mol. The highest BCUT2D eigenvalue weighted by atomic mass is 14.0. The Bertz CT molecular complexity index is 477. The van der Waals surface area contributed by atoms with Crippen LogP contribution in [0.1, 0.15) is 31.7 Å². The fourth-order valence-corrected chi connectivity index (χ4v) is 1.96. The van der Waals surface area contributed by atoms with E-state index < -0.39 is 0 Å². The topological polar surface area (TPSA) is 0 Å². The summed E-state index contributed by atoms with van der Waals surface area (Å²) in [4.78, 5) is 0. The number of rotatable bonds is 5. The van der Waals surface area contributed by atoms with Gasteiger partial charge in [0.1, 0.15) is 0 Å². The number of unbranched alkanes of at least 4 members (excludes halogenated alkanes) is 2. The Morgan fingerprint density at radius 3 is 2.17 bits per heavy atom. The smallest absolute Gasteiger partial charge is 0.0184 e. The lowest BCUT2D eigenvalue weighted by molar-refractivity contribution is 0.816. The second-order valence-corrected chi connectivity index (χ2v) is 4.53. The van der Waals surface area contributed by atoms with Gasteiger partial charge in [-0.15, -0.1) is 0 Å². The van der Waals surface area contributed by atoms with Crippen LogP contribution in [-0.4, -0.2) is 0 Å². The molecule has 0 unspecified atom stereocenters. The van der Waals surface area contributed by atoms with Crippen LogP contribution in [0.15, 0.2) is 60.7 Å². The van der Waals surface area contributed by atoms with Gasteiger partial charge in [0, 0.05) is 0 Å². The van der Waals surface area contributed by atoms with Gasteiger partial charge < -0.3 is 0 Å². The molecule has 0 saturated heterocycles. The van der Waals surface area contributed by atoms with Crippen molar-refractivity contribution >= 4 is 6.08 Å². The molecule has 0 amide bonds. The summed E-state index contributed by atoms with van der Waals surface area (Å²) < 4.78 is 0. The van der Waals surface area contributed by atoms with Crippen molar-refractivity contribution in [2.45, 2.75) is 26.2 Å². The molecule has 0 nitrogen and oxygen atoms in total. The van der Waals surface area contributed by atoms with Gasteiger partial charge in [-0.05, 0) is 23.1 Å². The summed E-state index contributed by atoms with van der Waals surface area (Å²) in [7, 11) is 0. The van der Waals surface area contributed by atoms with Crippen molar-refractivity contribution in [2.75, 3.05) is 0 Å². The van der Waals surface area contributed by atoms with Gasteiger partial charge in [0.05, 0.1) is 0 Å². The molecular formula is C18H20. The van der Waals surface area contributed by atoms with Crippen LogP contribution in [0.25, 0.3) is 17.2 Å². The third-order valence-electron chi connectivity index (χ3n) is 3.05. The van der Waals surface area contributed by atoms with Crippen molar-refractivity contribution < 1.29 is 0 Å². The first-order valence-electron chi connectivity index (χ1n) is 6.72. The first-order chi connectivity index (χ1) is 8.90. The van der Waals surface area contributed by atoms with E-state index >= 15 is 0 Å². The van der Waals surface area contributed by atoms with E-state index in [2.05, 4.69) is 67.6 Å². The van der Waals surface area contributed by atoms with E-state index in [0.717, 1.165) is 0 Å². The Labute approximate surface area is 110 Å². The predicted octanol–water partition coefficient (Wildman–Crippen LogP) is 5.56. The monoisotopic (exact) mass is 236 g/mol. The lowest BCUT2D eigenvalue weighted by Gasteiger charge is -2.01. The Morgan fingerprint density at radius 1 is 0.833 bits per heavy atom. The van der Waals surface area contributed by atoms with Crippen molar-refractivity contribution in [1.29, 1.82) is 0 Å². The third-order valence-corrected chi connectivity index (χ3v) is 3.05. The summed E-state index contributed by atoms with van der Waals surface area (Å²) in [6.07, 6.45) is 8.19. The molecule has 0 aliphatic heterocycles. The quantitative estimate of drug-likeness (QED) is 0.596. The van der Waals surface area contributed by atoms with Crippen LogP contribution in [0.2, 0.25) is 0 Å². The molecule has 0 aliphatic rings. The van der Waals surface area contributed by atoms with Gasteiger partial charge in [0.25, 0.3) is 0 Å². The average molecular weight is 236 g/mol. The maximum atomic E-state index is 2.26. The summed E-state index contributed by atoms with van der Waals surface area (Å²) >= 11 is 0. The van der Waals surface area contributed by atoms with Crippen LogP contribution in [0, 0.1) is 0 Å². The standard InChI is InChI=1S/C18H20/c1-2-3-4-6-9-16-12-14-18(15-13-16)17-10-7-5-8-11-17/h5-15H,2-4H2,1H3. The van der Waals surface area contributed by atoms with Gasteiger partial charge in [-0.3, -0.25) is 0 Å². The van der Waals surface area contributed by atoms with E-state index in [1.54, 1.807) is 0 Å². The first-order valence-corrected chi connectivity index (χ1v) is 6.72. The maximum absolute atomic E-state index is 2.26. The van der Waals surface area contributed by atoms with Crippen LogP contribution in [0.5, 0.6) is 0 Å². The molecule has 0 heterocycles. The van der Waals surface area contributed by atoms with Crippen LogP contribution >= 0.6 is 0 Å². The lowest BCUT2D eigenvalue weighted by Crippen LogP contribution is -1.77. The molecule has 18 heavy (non-hydrogen) atoms. The Balaban J connectivity index is 2.04. The normalized spacial score (nSPS) is 10.9. The number of allylic oxidation sites excluding steroid dienone is 1. The van der Waals surface area contributed by atoms with E-state index in [0.29, 0.717) is 0 Å². The molecule has 0 radical (unpaired) electrons. The molecule has 0 bridgehead atoms. The van der Waals surface area contributed by atoms with Crippen molar-refractivity contribution in [3.63, 3.8) is 0 Å². The Morgan fingerprint density at radius 2 is 1.50 bits per heavy atom. The van der Waals surface area contributed by atoms with Crippen molar-refractivity contribution in [3.8, 4) is 11.1 Å². The summed E-state index contributed by atoms with van der Waals surface area (Å²) in [5.41, 5.74) is 3.84. The molecular weight excluding hydrogens is 216 g/mol. The van der Waals surface area contributed by atoms with Gasteiger partial charge in [-0.1, -0.05) is 86.5 Å². The number of hydrogen-bond donors (Lipinski definition) is 0. The minimum absolute atomic E-state index is 1.18. The molecule has 2 aromatic rings. The second-order valence-electron chi connectivity index (χ2n) is 4.53. The second kappa shape index (κ2) is 6.80. The summed E-state index contributed by atoms with van der Waals surface area (Å²) in [6.45, 7) is 2.22. The molecule has 0 N–H and O–H groups in total. The highest BCUT2D eigenvalue weighted by molar-refractivity contribution is 5.65. The molecule has 0 heteroatoms. The van der Waals surface area contributed by atoms with Crippen molar-refractivity contribution in [1.82, 2.24) is 0 Å². The molecule has 2 rings (SSSR count). The van der Waals surface area contributed by atoms with Crippen LogP contribution in [0.4, 0.5) is 0 Å². The molecule has 92 valence electrons. The Kier molecular flexibility index (Phi) is 4.78. The van der Waals surface area contributed by atoms with E-state index in [9.17, 15) is 0 Å². The van der Waals surface area contributed by atoms with E-state index in [1.807, 2.05) is 6.07 Å². The van der Waals surface area contributed by atoms with E-state index in [4.69, 9.17) is 0 Å². The van der Waals surface area contributed by atoms with Crippen molar-refractivity contribution in [2.24, 2.45) is 0 Å². The summed E-state index contributed by atoms with van der Waals surface area (Å²) in [5, 5.41) is 0. The van der Waals surface area contributed by atoms with Gasteiger partial charge in [-0.25, -0.2) is 0 Å². The van der Waals surface area contributed by atoms with Crippen LogP contribution in [0.3, 0.4) is 0 Å². The van der Waals surface area contributed by atoms with E-state index in [1.165, 1.54) is 36.0 Å². The minimum atomic E-state index is 1.18. The maximum Gasteiger partial charge on any atom is -0.0184 e. The van der Waals surface area contributed by atoms with Crippen LogP contribution < -0.4 is 0 Å². The van der Waals surface area contributed by atoms with E-state index in [-0.39, 0.29) is 0 Å². The zero-order valence-electron chi connectivity index (χ0n) is 11.0. The fourth-order valence-electron chi connectivity index (χ4n) is 1.96. The third kappa shape index (κ3) is 3.59. The van der Waals surface area contributed by atoms with Gasteiger partial charge in [0.2, 0.25) is 0 Å². The molecule has 0 atom stereocenters. The molecule has 0 aliphatic carbocycles. The zero-order chi connectivity index (χ0) is 12.6. The summed E-state index contributed by atoms with van der Waals surface area (Å²) in [5.74, 6) is 0. The first kappa shape index (κ1) is 12.6. The largest absolute Gasteiger partial charge is 0.0839 e. The average Bonchev–Trinajstić information content (AvgIpc) is 2.45. The summed E-state index contributed by atoms with van der Waals surface area (Å²) in [6, 6.07) is 19.2. The van der Waals surface area contributed by atoms with Gasteiger partial charge in [-0.2, -0.15) is 0 Å². The number of benzene rings is 2. The lowest BCUT2D eigenvalue weighted by atomic mass is 10.0. The molecule has 0 spiro atoms. The molecule has 0 fully saturated rings. The highest BCUT2D eigenvalue weighted by Gasteiger charge is 1.95. The Hall–Kier alpha value is -1.82. The number of hydrogen-bond acceptors (Lipinski definition) is 0. The minimum Gasteiger partial charge on any atom is -0.0839 e. The zero-order valence-corrected chi connectivity index (χ0v) is 11.0. The molecule has 2 aromatic carbocycles. The van der Waals surface area contributed by atoms with Crippen LogP contribution in [-0.2, 0) is 0 Å². The highest BCUT2D eigenvalue weighted by Crippen LogP contribution is 2.19. The molecule has 0 saturated carbocycles. The fraction of sp³-hybridized carbons (Fsp3) is 0.222. The van der Waals surface area contributed by atoms with Gasteiger partial charge in [0.15, 0.2) is 0 Å². The van der Waals surface area contributed by atoms with Crippen molar-refractivity contribution in [3.05, 3.63) is 66.2 Å². The molecule has 0 aromatic heterocycles.